The van der Waals surface area contributed by atoms with Gasteiger partial charge in [0.15, 0.2) is 6.61 Å². The van der Waals surface area contributed by atoms with Gasteiger partial charge in [-0.15, -0.1) is 0 Å². The van der Waals surface area contributed by atoms with E-state index in [1.54, 1.807) is 6.92 Å². The topological polar surface area (TPSA) is 71.8 Å². The Balaban J connectivity index is 1.65. The Bertz CT molecular complexity index is 903. The third-order valence-electron chi connectivity index (χ3n) is 5.62. The molecule has 1 atom stereocenters. The van der Waals surface area contributed by atoms with E-state index in [9.17, 15) is 9.59 Å². The average molecular weight is 372 g/mol. The van der Waals surface area contributed by atoms with E-state index in [0.717, 1.165) is 36.0 Å². The molecule has 1 saturated heterocycles. The van der Waals surface area contributed by atoms with Gasteiger partial charge in [0.1, 0.15) is 11.3 Å². The van der Waals surface area contributed by atoms with Crippen molar-refractivity contribution in [3.05, 3.63) is 39.2 Å². The second-order valence-corrected chi connectivity index (χ2v) is 7.22. The van der Waals surface area contributed by atoms with E-state index < -0.39 is 0 Å². The van der Waals surface area contributed by atoms with Crippen LogP contribution in [0.25, 0.3) is 11.0 Å². The predicted molar refractivity (Wildman–Crippen MR) is 105 cm³/mol. The van der Waals surface area contributed by atoms with Crippen molar-refractivity contribution in [2.24, 2.45) is 0 Å². The number of hydrogen-bond acceptors (Lipinski definition) is 5. The van der Waals surface area contributed by atoms with Gasteiger partial charge in [-0.1, -0.05) is 6.92 Å². The van der Waals surface area contributed by atoms with Crippen molar-refractivity contribution >= 4 is 16.9 Å². The summed E-state index contributed by atoms with van der Waals surface area (Å²) in [7, 11) is 0. The first-order valence-electron chi connectivity index (χ1n) is 9.59. The van der Waals surface area contributed by atoms with Crippen LogP contribution in [0.2, 0.25) is 0 Å². The maximum Gasteiger partial charge on any atom is 0.339 e. The highest BCUT2D eigenvalue weighted by Gasteiger charge is 2.23. The summed E-state index contributed by atoms with van der Waals surface area (Å²) >= 11 is 0. The highest BCUT2D eigenvalue weighted by molar-refractivity contribution is 5.85. The molecular formula is C21H28N2O4. The molecule has 1 aliphatic heterocycles. The second kappa shape index (κ2) is 8.13. The Morgan fingerprint density at radius 2 is 2.04 bits per heavy atom. The number of fused-ring (bicyclic) bond motifs is 1. The van der Waals surface area contributed by atoms with Crippen molar-refractivity contribution < 1.29 is 13.9 Å². The van der Waals surface area contributed by atoms with Crippen LogP contribution in [0.5, 0.6) is 5.75 Å². The molecule has 0 aliphatic carbocycles. The standard InChI is InChI=1S/C21H28N2O4/c1-5-23-10-6-7-16(23)11-22-19(24)12-26-18-9-8-17-13(2)14(3)21(25)27-20(17)15(18)4/h8-9,16H,5-7,10-12H2,1-4H3,(H,22,24)/t16-/m0/s1. The van der Waals surface area contributed by atoms with E-state index in [0.29, 0.717) is 29.5 Å². The summed E-state index contributed by atoms with van der Waals surface area (Å²) in [6.45, 7) is 10.4. The minimum Gasteiger partial charge on any atom is -0.483 e. The van der Waals surface area contributed by atoms with Crippen LogP contribution < -0.4 is 15.7 Å². The van der Waals surface area contributed by atoms with Crippen LogP contribution in [0.15, 0.2) is 21.3 Å². The summed E-state index contributed by atoms with van der Waals surface area (Å²) in [6.07, 6.45) is 2.31. The van der Waals surface area contributed by atoms with Gasteiger partial charge in [0, 0.05) is 29.1 Å². The molecule has 0 unspecified atom stereocenters. The number of likely N-dealkylation sites (tertiary alicyclic amines) is 1. The lowest BCUT2D eigenvalue weighted by Crippen LogP contribution is -2.41. The average Bonchev–Trinajstić information content (AvgIpc) is 3.12. The first kappa shape index (κ1) is 19.4. The Kier molecular flexibility index (Phi) is 5.85. The molecule has 27 heavy (non-hydrogen) atoms. The predicted octanol–water partition coefficient (Wildman–Crippen LogP) is 2.70. The number of hydrogen-bond donors (Lipinski definition) is 1. The smallest absolute Gasteiger partial charge is 0.339 e. The van der Waals surface area contributed by atoms with Crippen LogP contribution in [0.1, 0.15) is 36.5 Å². The molecule has 2 heterocycles. The first-order chi connectivity index (χ1) is 12.9. The summed E-state index contributed by atoms with van der Waals surface area (Å²) < 4.78 is 11.1. The van der Waals surface area contributed by atoms with Crippen LogP contribution in [-0.2, 0) is 4.79 Å². The number of rotatable bonds is 6. The Labute approximate surface area is 159 Å². The highest BCUT2D eigenvalue weighted by atomic mass is 16.5. The first-order valence-corrected chi connectivity index (χ1v) is 9.59. The van der Waals surface area contributed by atoms with Gasteiger partial charge < -0.3 is 14.5 Å². The van der Waals surface area contributed by atoms with Gasteiger partial charge in [-0.05, 0) is 64.4 Å². The molecule has 6 nitrogen and oxygen atoms in total. The van der Waals surface area contributed by atoms with Crippen LogP contribution >= 0.6 is 0 Å². The van der Waals surface area contributed by atoms with E-state index in [1.165, 1.54) is 6.42 Å². The number of amides is 1. The lowest BCUT2D eigenvalue weighted by Gasteiger charge is -2.22. The van der Waals surface area contributed by atoms with Crippen molar-refractivity contribution in [2.45, 2.75) is 46.6 Å². The maximum absolute atomic E-state index is 12.2. The zero-order chi connectivity index (χ0) is 19.6. The van der Waals surface area contributed by atoms with E-state index in [-0.39, 0.29) is 18.1 Å². The highest BCUT2D eigenvalue weighted by Crippen LogP contribution is 2.29. The van der Waals surface area contributed by atoms with E-state index in [1.807, 2.05) is 26.0 Å². The van der Waals surface area contributed by atoms with Crippen LogP contribution in [0.3, 0.4) is 0 Å². The van der Waals surface area contributed by atoms with Crippen molar-refractivity contribution in [3.8, 4) is 5.75 Å². The number of nitrogens with zero attached hydrogens (tertiary/aromatic N) is 1. The molecule has 1 aliphatic rings. The molecule has 146 valence electrons. The Morgan fingerprint density at radius 3 is 2.78 bits per heavy atom. The van der Waals surface area contributed by atoms with Gasteiger partial charge in [0.05, 0.1) is 0 Å². The van der Waals surface area contributed by atoms with Gasteiger partial charge in [0.2, 0.25) is 0 Å². The largest absolute Gasteiger partial charge is 0.483 e. The lowest BCUT2D eigenvalue weighted by molar-refractivity contribution is -0.123. The van der Waals surface area contributed by atoms with Crippen molar-refractivity contribution in [2.75, 3.05) is 26.2 Å². The van der Waals surface area contributed by atoms with Crippen molar-refractivity contribution in [1.82, 2.24) is 10.2 Å². The summed E-state index contributed by atoms with van der Waals surface area (Å²) in [6, 6.07) is 4.12. The van der Waals surface area contributed by atoms with Gasteiger partial charge >= 0.3 is 5.63 Å². The van der Waals surface area contributed by atoms with Gasteiger partial charge in [-0.2, -0.15) is 0 Å². The molecular weight excluding hydrogens is 344 g/mol. The molecule has 0 radical (unpaired) electrons. The zero-order valence-electron chi connectivity index (χ0n) is 16.6. The van der Waals surface area contributed by atoms with Crippen LogP contribution in [-0.4, -0.2) is 43.1 Å². The summed E-state index contributed by atoms with van der Waals surface area (Å²) in [4.78, 5) is 26.5. The Morgan fingerprint density at radius 1 is 1.26 bits per heavy atom. The molecule has 2 aromatic rings. The summed E-state index contributed by atoms with van der Waals surface area (Å²) in [5, 5.41) is 3.85. The van der Waals surface area contributed by atoms with E-state index in [4.69, 9.17) is 9.15 Å². The fourth-order valence-electron chi connectivity index (χ4n) is 3.75. The molecule has 6 heteroatoms. The molecule has 1 aromatic heterocycles. The van der Waals surface area contributed by atoms with Crippen molar-refractivity contribution in [3.63, 3.8) is 0 Å². The fourth-order valence-corrected chi connectivity index (χ4v) is 3.75. The SMILES string of the molecule is CCN1CCC[C@H]1CNC(=O)COc1ccc2c(C)c(C)c(=O)oc2c1C. The number of nitrogens with one attached hydrogen (secondary N) is 1. The molecule has 1 aromatic carbocycles. The van der Waals surface area contributed by atoms with Crippen LogP contribution in [0, 0.1) is 20.8 Å². The Hall–Kier alpha value is -2.34. The number of likely N-dealkylation sites (N-methyl/N-ethyl adjacent to an activating group) is 1. The monoisotopic (exact) mass is 372 g/mol. The number of carbonyl (C=O) groups excluding carboxylic acids is 1. The normalized spacial score (nSPS) is 17.4. The number of aryl methyl sites for hydroxylation is 2. The van der Waals surface area contributed by atoms with Crippen LogP contribution in [0.4, 0.5) is 0 Å². The molecule has 1 N–H and O–H groups in total. The zero-order valence-corrected chi connectivity index (χ0v) is 16.6. The molecule has 0 spiro atoms. The second-order valence-electron chi connectivity index (χ2n) is 7.22. The number of benzene rings is 1. The fraction of sp³-hybridized carbons (Fsp3) is 0.524. The molecule has 1 amide bonds. The van der Waals surface area contributed by atoms with Gasteiger partial charge in [-0.3, -0.25) is 9.69 Å². The molecule has 3 rings (SSSR count). The minimum atomic E-state index is -0.338. The number of carbonyl (C=O) groups is 1. The molecule has 0 bridgehead atoms. The third kappa shape index (κ3) is 4.00. The van der Waals surface area contributed by atoms with E-state index in [2.05, 4.69) is 17.1 Å². The summed E-state index contributed by atoms with van der Waals surface area (Å²) in [5.74, 6) is 0.416. The quantitative estimate of drug-likeness (QED) is 0.790. The third-order valence-corrected chi connectivity index (χ3v) is 5.62. The number of ether oxygens (including phenoxy) is 1. The maximum atomic E-state index is 12.2. The minimum absolute atomic E-state index is 0.0553. The molecule has 1 fully saturated rings. The van der Waals surface area contributed by atoms with Gasteiger partial charge in [0.25, 0.3) is 5.91 Å². The van der Waals surface area contributed by atoms with Gasteiger partial charge in [-0.25, -0.2) is 4.79 Å². The summed E-state index contributed by atoms with van der Waals surface area (Å²) in [5.41, 5.74) is 2.43. The molecule has 0 saturated carbocycles. The van der Waals surface area contributed by atoms with E-state index >= 15 is 0 Å². The van der Waals surface area contributed by atoms with Crippen molar-refractivity contribution in [1.29, 1.82) is 0 Å². The lowest BCUT2D eigenvalue weighted by atomic mass is 10.0.